The summed E-state index contributed by atoms with van der Waals surface area (Å²) in [5.41, 5.74) is 0.797. The molecule has 0 radical (unpaired) electrons. The maximum absolute atomic E-state index is 11.8. The van der Waals surface area contributed by atoms with Gasteiger partial charge in [-0.25, -0.2) is 0 Å². The number of carbonyl (C=O) groups excluding carboxylic acids is 1. The topological polar surface area (TPSA) is 68.0 Å². The lowest BCUT2D eigenvalue weighted by atomic mass is 10.3. The molecule has 22 heavy (non-hydrogen) atoms. The Morgan fingerprint density at radius 1 is 1.23 bits per heavy atom. The molecule has 0 aliphatic carbocycles. The van der Waals surface area contributed by atoms with Gasteiger partial charge in [0.2, 0.25) is 17.6 Å². The molecule has 0 saturated heterocycles. The van der Waals surface area contributed by atoms with Crippen LogP contribution in [-0.2, 0) is 10.5 Å². The predicted octanol–water partition coefficient (Wildman–Crippen LogP) is 3.67. The van der Waals surface area contributed by atoms with Crippen LogP contribution in [0.15, 0.2) is 52.4 Å². The van der Waals surface area contributed by atoms with E-state index < -0.39 is 0 Å². The fourth-order valence-corrected chi connectivity index (χ4v) is 3.07. The molecule has 0 saturated carbocycles. The van der Waals surface area contributed by atoms with Crippen molar-refractivity contribution in [3.8, 4) is 10.7 Å². The number of anilines is 1. The second kappa shape index (κ2) is 7.24. The number of hydrogen-bond donors (Lipinski definition) is 1. The van der Waals surface area contributed by atoms with Crippen molar-refractivity contribution >= 4 is 34.7 Å². The fourth-order valence-electron chi connectivity index (χ4n) is 1.77. The highest BCUT2D eigenvalue weighted by Gasteiger charge is 2.10. The van der Waals surface area contributed by atoms with Crippen LogP contribution in [-0.4, -0.2) is 21.8 Å². The highest BCUT2D eigenvalue weighted by molar-refractivity contribution is 7.99. The summed E-state index contributed by atoms with van der Waals surface area (Å²) in [5, 5.41) is 8.73. The summed E-state index contributed by atoms with van der Waals surface area (Å²) >= 11 is 3.00. The number of carbonyl (C=O) groups is 1. The molecule has 0 spiro atoms. The van der Waals surface area contributed by atoms with Crippen molar-refractivity contribution in [1.29, 1.82) is 0 Å². The Labute approximate surface area is 135 Å². The van der Waals surface area contributed by atoms with Crippen molar-refractivity contribution < 1.29 is 9.32 Å². The van der Waals surface area contributed by atoms with Gasteiger partial charge in [0, 0.05) is 5.69 Å². The van der Waals surface area contributed by atoms with Gasteiger partial charge in [-0.05, 0) is 23.6 Å². The zero-order valence-corrected chi connectivity index (χ0v) is 13.2. The molecule has 7 heteroatoms. The van der Waals surface area contributed by atoms with Crippen LogP contribution in [0.1, 0.15) is 5.89 Å². The van der Waals surface area contributed by atoms with Crippen molar-refractivity contribution in [2.24, 2.45) is 0 Å². The summed E-state index contributed by atoms with van der Waals surface area (Å²) < 4.78 is 5.18. The third kappa shape index (κ3) is 3.96. The SMILES string of the molecule is O=C(CSCc1nc(-c2cccs2)no1)Nc1ccccc1. The van der Waals surface area contributed by atoms with Crippen molar-refractivity contribution in [2.75, 3.05) is 11.1 Å². The number of rotatable bonds is 6. The average Bonchev–Trinajstić information content (AvgIpc) is 3.19. The van der Waals surface area contributed by atoms with Crippen molar-refractivity contribution in [1.82, 2.24) is 10.1 Å². The van der Waals surface area contributed by atoms with E-state index in [1.54, 1.807) is 11.3 Å². The molecule has 1 aromatic carbocycles. The van der Waals surface area contributed by atoms with Crippen LogP contribution < -0.4 is 5.32 Å². The molecular formula is C15H13N3O2S2. The molecule has 0 unspecified atom stereocenters. The van der Waals surface area contributed by atoms with E-state index in [9.17, 15) is 4.79 Å². The molecule has 0 aliphatic heterocycles. The van der Waals surface area contributed by atoms with Crippen LogP contribution in [0.2, 0.25) is 0 Å². The molecule has 2 aromatic heterocycles. The van der Waals surface area contributed by atoms with E-state index >= 15 is 0 Å². The number of thioether (sulfide) groups is 1. The first-order valence-electron chi connectivity index (χ1n) is 6.60. The van der Waals surface area contributed by atoms with Gasteiger partial charge in [0.05, 0.1) is 16.4 Å². The number of benzene rings is 1. The Morgan fingerprint density at radius 2 is 2.09 bits per heavy atom. The maximum atomic E-state index is 11.8. The molecule has 112 valence electrons. The second-order valence-corrected chi connectivity index (χ2v) is 6.33. The molecular weight excluding hydrogens is 318 g/mol. The third-order valence-corrected chi connectivity index (χ3v) is 4.51. The molecule has 0 fully saturated rings. The van der Waals surface area contributed by atoms with Gasteiger partial charge in [-0.15, -0.1) is 23.1 Å². The van der Waals surface area contributed by atoms with Gasteiger partial charge >= 0.3 is 0 Å². The maximum Gasteiger partial charge on any atom is 0.236 e. The molecule has 0 bridgehead atoms. The number of nitrogens with zero attached hydrogens (tertiary/aromatic N) is 2. The van der Waals surface area contributed by atoms with E-state index in [1.165, 1.54) is 11.8 Å². The minimum absolute atomic E-state index is 0.0470. The summed E-state index contributed by atoms with van der Waals surface area (Å²) in [6.07, 6.45) is 0. The smallest absolute Gasteiger partial charge is 0.236 e. The first-order chi connectivity index (χ1) is 10.8. The van der Waals surface area contributed by atoms with E-state index in [-0.39, 0.29) is 5.91 Å². The van der Waals surface area contributed by atoms with Crippen molar-refractivity contribution in [3.05, 3.63) is 53.7 Å². The largest absolute Gasteiger partial charge is 0.338 e. The first-order valence-corrected chi connectivity index (χ1v) is 8.64. The van der Waals surface area contributed by atoms with Crippen molar-refractivity contribution in [2.45, 2.75) is 5.75 Å². The molecule has 0 atom stereocenters. The zero-order valence-electron chi connectivity index (χ0n) is 11.6. The van der Waals surface area contributed by atoms with Gasteiger partial charge in [-0.2, -0.15) is 4.98 Å². The number of amides is 1. The van der Waals surface area contributed by atoms with Gasteiger partial charge < -0.3 is 9.84 Å². The Kier molecular flexibility index (Phi) is 4.87. The quantitative estimate of drug-likeness (QED) is 0.746. The number of aromatic nitrogens is 2. The third-order valence-electron chi connectivity index (χ3n) is 2.73. The van der Waals surface area contributed by atoms with Crippen LogP contribution in [0.3, 0.4) is 0 Å². The van der Waals surface area contributed by atoms with E-state index in [1.807, 2.05) is 47.8 Å². The highest BCUT2D eigenvalue weighted by Crippen LogP contribution is 2.22. The minimum Gasteiger partial charge on any atom is -0.338 e. The van der Waals surface area contributed by atoms with Crippen LogP contribution in [0, 0.1) is 0 Å². The molecule has 1 amide bonds. The molecule has 3 aromatic rings. The van der Waals surface area contributed by atoms with Crippen LogP contribution in [0.5, 0.6) is 0 Å². The van der Waals surface area contributed by atoms with Gasteiger partial charge in [0.25, 0.3) is 0 Å². The monoisotopic (exact) mass is 331 g/mol. The summed E-state index contributed by atoms with van der Waals surface area (Å²) in [5.74, 6) is 1.93. The summed E-state index contributed by atoms with van der Waals surface area (Å²) in [6.45, 7) is 0. The zero-order chi connectivity index (χ0) is 15.2. The van der Waals surface area contributed by atoms with Gasteiger partial charge in [-0.3, -0.25) is 4.79 Å². The lowest BCUT2D eigenvalue weighted by molar-refractivity contribution is -0.113. The first kappa shape index (κ1) is 14.8. The lowest BCUT2D eigenvalue weighted by Crippen LogP contribution is -2.13. The van der Waals surface area contributed by atoms with Crippen LogP contribution in [0.25, 0.3) is 10.7 Å². The van der Waals surface area contributed by atoms with Crippen LogP contribution >= 0.6 is 23.1 Å². The summed E-state index contributed by atoms with van der Waals surface area (Å²) in [6, 6.07) is 13.3. The Morgan fingerprint density at radius 3 is 2.86 bits per heavy atom. The van der Waals surface area contributed by atoms with E-state index in [0.29, 0.717) is 23.2 Å². The van der Waals surface area contributed by atoms with Gasteiger partial charge in [0.1, 0.15) is 0 Å². The standard InChI is InChI=1S/C15H13N3O2S2/c19-13(16-11-5-2-1-3-6-11)9-21-10-14-17-15(18-20-14)12-7-4-8-22-12/h1-8H,9-10H2,(H,16,19). The number of hydrogen-bond acceptors (Lipinski definition) is 6. The normalized spacial score (nSPS) is 10.5. The number of nitrogens with one attached hydrogen (secondary N) is 1. The predicted molar refractivity (Wildman–Crippen MR) is 88.8 cm³/mol. The molecule has 2 heterocycles. The number of thiophene rings is 1. The fraction of sp³-hybridized carbons (Fsp3) is 0.133. The Hall–Kier alpha value is -2.12. The highest BCUT2D eigenvalue weighted by atomic mass is 32.2. The number of para-hydroxylation sites is 1. The molecule has 0 aliphatic rings. The van der Waals surface area contributed by atoms with Crippen LogP contribution in [0.4, 0.5) is 5.69 Å². The van der Waals surface area contributed by atoms with E-state index in [4.69, 9.17) is 4.52 Å². The van der Waals surface area contributed by atoms with Crippen molar-refractivity contribution in [3.63, 3.8) is 0 Å². The van der Waals surface area contributed by atoms with Gasteiger partial charge in [-0.1, -0.05) is 29.4 Å². The molecule has 5 nitrogen and oxygen atoms in total. The molecule has 3 rings (SSSR count). The minimum atomic E-state index is -0.0470. The Bertz CT molecular complexity index is 726. The van der Waals surface area contributed by atoms with E-state index in [2.05, 4.69) is 15.5 Å². The average molecular weight is 331 g/mol. The van der Waals surface area contributed by atoms with Gasteiger partial charge in [0.15, 0.2) is 0 Å². The lowest BCUT2D eigenvalue weighted by Gasteiger charge is -2.03. The second-order valence-electron chi connectivity index (χ2n) is 4.40. The summed E-state index contributed by atoms with van der Waals surface area (Å²) in [4.78, 5) is 17.1. The summed E-state index contributed by atoms with van der Waals surface area (Å²) in [7, 11) is 0. The Balaban J connectivity index is 1.46. The molecule has 1 N–H and O–H groups in total. The van der Waals surface area contributed by atoms with E-state index in [0.717, 1.165) is 10.6 Å².